The molecule has 0 aromatic heterocycles. The zero-order valence-corrected chi connectivity index (χ0v) is 11.3. The van der Waals surface area contributed by atoms with Crippen molar-refractivity contribution in [2.75, 3.05) is 5.73 Å². The Kier molecular flexibility index (Phi) is 3.78. The van der Waals surface area contributed by atoms with Crippen LogP contribution in [-0.2, 0) is 6.61 Å². The molecule has 0 saturated heterocycles. The average molecular weight is 262 g/mol. The van der Waals surface area contributed by atoms with Crippen LogP contribution < -0.4 is 10.5 Å². The number of halogens is 1. The molecular formula is C15H16ClNO. The SMILES string of the molecule is Cc1cc(C)cc(OCc2cc(N)ccc2Cl)c1. The van der Waals surface area contributed by atoms with E-state index in [1.54, 1.807) is 12.1 Å². The fourth-order valence-corrected chi connectivity index (χ4v) is 2.05. The Hall–Kier alpha value is -1.67. The Morgan fingerprint density at radius 3 is 2.39 bits per heavy atom. The third-order valence-electron chi connectivity index (χ3n) is 2.66. The van der Waals surface area contributed by atoms with Crippen LogP contribution in [0.2, 0.25) is 5.02 Å². The predicted molar refractivity (Wildman–Crippen MR) is 76.1 cm³/mol. The van der Waals surface area contributed by atoms with Crippen LogP contribution in [0, 0.1) is 13.8 Å². The minimum Gasteiger partial charge on any atom is -0.489 e. The number of anilines is 1. The maximum absolute atomic E-state index is 6.09. The fraction of sp³-hybridized carbons (Fsp3) is 0.200. The number of benzene rings is 2. The van der Waals surface area contributed by atoms with Gasteiger partial charge in [-0.15, -0.1) is 0 Å². The Morgan fingerprint density at radius 1 is 1.06 bits per heavy atom. The molecule has 0 aliphatic rings. The standard InChI is InChI=1S/C15H16ClNO/c1-10-5-11(2)7-14(6-10)18-9-12-8-13(17)3-4-15(12)16/h3-8H,9,17H2,1-2H3. The first kappa shape index (κ1) is 12.8. The van der Waals surface area contributed by atoms with Crippen LogP contribution in [0.1, 0.15) is 16.7 Å². The topological polar surface area (TPSA) is 35.2 Å². The van der Waals surface area contributed by atoms with Crippen molar-refractivity contribution in [1.29, 1.82) is 0 Å². The van der Waals surface area contributed by atoms with Crippen LogP contribution in [0.4, 0.5) is 5.69 Å². The van der Waals surface area contributed by atoms with E-state index in [4.69, 9.17) is 22.1 Å². The zero-order chi connectivity index (χ0) is 13.1. The summed E-state index contributed by atoms with van der Waals surface area (Å²) < 4.78 is 5.75. The molecule has 0 bridgehead atoms. The summed E-state index contributed by atoms with van der Waals surface area (Å²) in [6, 6.07) is 11.5. The molecular weight excluding hydrogens is 246 g/mol. The van der Waals surface area contributed by atoms with E-state index in [-0.39, 0.29) is 0 Å². The van der Waals surface area contributed by atoms with Crippen molar-refractivity contribution in [2.24, 2.45) is 0 Å². The molecule has 0 radical (unpaired) electrons. The summed E-state index contributed by atoms with van der Waals surface area (Å²) in [6.45, 7) is 4.52. The lowest BCUT2D eigenvalue weighted by atomic mass is 10.1. The highest BCUT2D eigenvalue weighted by molar-refractivity contribution is 6.31. The van der Waals surface area contributed by atoms with Crippen molar-refractivity contribution in [1.82, 2.24) is 0 Å². The van der Waals surface area contributed by atoms with Crippen molar-refractivity contribution in [2.45, 2.75) is 20.5 Å². The highest BCUT2D eigenvalue weighted by atomic mass is 35.5. The van der Waals surface area contributed by atoms with Crippen LogP contribution in [-0.4, -0.2) is 0 Å². The van der Waals surface area contributed by atoms with Crippen molar-refractivity contribution in [3.05, 3.63) is 58.1 Å². The zero-order valence-electron chi connectivity index (χ0n) is 10.5. The van der Waals surface area contributed by atoms with Gasteiger partial charge in [0.05, 0.1) is 0 Å². The molecule has 2 aromatic rings. The fourth-order valence-electron chi connectivity index (χ4n) is 1.88. The van der Waals surface area contributed by atoms with Crippen LogP contribution in [0.5, 0.6) is 5.75 Å². The van der Waals surface area contributed by atoms with E-state index in [0.717, 1.165) is 11.3 Å². The highest BCUT2D eigenvalue weighted by Crippen LogP contribution is 2.22. The summed E-state index contributed by atoms with van der Waals surface area (Å²) in [5, 5.41) is 0.675. The molecule has 0 unspecified atom stereocenters. The van der Waals surface area contributed by atoms with Gasteiger partial charge in [-0.3, -0.25) is 0 Å². The molecule has 0 aliphatic carbocycles. The van der Waals surface area contributed by atoms with E-state index < -0.39 is 0 Å². The van der Waals surface area contributed by atoms with Crippen LogP contribution in [0.3, 0.4) is 0 Å². The van der Waals surface area contributed by atoms with E-state index in [1.165, 1.54) is 11.1 Å². The first-order chi connectivity index (χ1) is 8.54. The summed E-state index contributed by atoms with van der Waals surface area (Å²) >= 11 is 6.09. The third-order valence-corrected chi connectivity index (χ3v) is 3.03. The van der Waals surface area contributed by atoms with E-state index in [9.17, 15) is 0 Å². The Bertz CT molecular complexity index is 546. The maximum atomic E-state index is 6.09. The number of aryl methyl sites for hydroxylation is 2. The number of ether oxygens (including phenoxy) is 1. The minimum absolute atomic E-state index is 0.423. The summed E-state index contributed by atoms with van der Waals surface area (Å²) in [5.41, 5.74) is 9.69. The number of hydrogen-bond acceptors (Lipinski definition) is 2. The van der Waals surface area contributed by atoms with Crippen LogP contribution in [0.15, 0.2) is 36.4 Å². The van der Waals surface area contributed by atoms with E-state index in [1.807, 2.05) is 32.0 Å². The van der Waals surface area contributed by atoms with Gasteiger partial charge in [-0.25, -0.2) is 0 Å². The molecule has 0 atom stereocenters. The Labute approximate surface area is 112 Å². The number of nitrogens with two attached hydrogens (primary N) is 1. The molecule has 2 nitrogen and oxygen atoms in total. The molecule has 2 rings (SSSR count). The summed E-state index contributed by atoms with van der Waals surface area (Å²) in [5.74, 6) is 0.853. The molecule has 18 heavy (non-hydrogen) atoms. The van der Waals surface area contributed by atoms with Crippen molar-refractivity contribution >= 4 is 17.3 Å². The van der Waals surface area contributed by atoms with E-state index in [2.05, 4.69) is 6.07 Å². The van der Waals surface area contributed by atoms with Crippen molar-refractivity contribution in [3.63, 3.8) is 0 Å². The third kappa shape index (κ3) is 3.17. The highest BCUT2D eigenvalue weighted by Gasteiger charge is 2.03. The van der Waals surface area contributed by atoms with Gasteiger partial charge in [-0.2, -0.15) is 0 Å². The van der Waals surface area contributed by atoms with Crippen LogP contribution >= 0.6 is 11.6 Å². The molecule has 0 fully saturated rings. The Morgan fingerprint density at radius 2 is 1.72 bits per heavy atom. The van der Waals surface area contributed by atoms with Gasteiger partial charge in [0.25, 0.3) is 0 Å². The van der Waals surface area contributed by atoms with Gasteiger partial charge in [0, 0.05) is 16.3 Å². The summed E-state index contributed by atoms with van der Waals surface area (Å²) in [4.78, 5) is 0. The number of rotatable bonds is 3. The van der Waals surface area contributed by atoms with Gasteiger partial charge >= 0.3 is 0 Å². The first-order valence-electron chi connectivity index (χ1n) is 5.79. The molecule has 0 amide bonds. The summed E-state index contributed by atoms with van der Waals surface area (Å²) in [7, 11) is 0. The Balaban J connectivity index is 2.13. The second-order valence-electron chi connectivity index (χ2n) is 4.46. The van der Waals surface area contributed by atoms with Gasteiger partial charge in [-0.1, -0.05) is 17.7 Å². The second-order valence-corrected chi connectivity index (χ2v) is 4.87. The maximum Gasteiger partial charge on any atom is 0.120 e. The predicted octanol–water partition coefficient (Wildman–Crippen LogP) is 4.12. The molecule has 2 N–H and O–H groups in total. The number of nitrogen functional groups attached to an aromatic ring is 1. The van der Waals surface area contributed by atoms with Gasteiger partial charge in [0.2, 0.25) is 0 Å². The van der Waals surface area contributed by atoms with Gasteiger partial charge < -0.3 is 10.5 Å². The lowest BCUT2D eigenvalue weighted by Crippen LogP contribution is -1.98. The average Bonchev–Trinajstić information content (AvgIpc) is 2.29. The normalized spacial score (nSPS) is 10.4. The minimum atomic E-state index is 0.423. The van der Waals surface area contributed by atoms with Crippen molar-refractivity contribution in [3.8, 4) is 5.75 Å². The molecule has 0 aliphatic heterocycles. The van der Waals surface area contributed by atoms with Gasteiger partial charge in [-0.05, 0) is 55.3 Å². The number of hydrogen-bond donors (Lipinski definition) is 1. The quantitative estimate of drug-likeness (QED) is 0.844. The molecule has 3 heteroatoms. The largest absolute Gasteiger partial charge is 0.489 e. The molecule has 0 heterocycles. The first-order valence-corrected chi connectivity index (χ1v) is 6.17. The molecule has 0 saturated carbocycles. The molecule has 94 valence electrons. The summed E-state index contributed by atoms with van der Waals surface area (Å²) in [6.07, 6.45) is 0. The van der Waals surface area contributed by atoms with Crippen molar-refractivity contribution < 1.29 is 4.74 Å². The van der Waals surface area contributed by atoms with Crippen LogP contribution in [0.25, 0.3) is 0 Å². The monoisotopic (exact) mass is 261 g/mol. The van der Waals surface area contributed by atoms with Gasteiger partial charge in [0.1, 0.15) is 12.4 Å². The smallest absolute Gasteiger partial charge is 0.120 e. The lowest BCUT2D eigenvalue weighted by Gasteiger charge is -2.10. The lowest BCUT2D eigenvalue weighted by molar-refractivity contribution is 0.306. The van der Waals surface area contributed by atoms with E-state index in [0.29, 0.717) is 17.3 Å². The second kappa shape index (κ2) is 5.32. The van der Waals surface area contributed by atoms with E-state index >= 15 is 0 Å². The molecule has 0 spiro atoms. The van der Waals surface area contributed by atoms with Gasteiger partial charge in [0.15, 0.2) is 0 Å². The molecule has 2 aromatic carbocycles.